The summed E-state index contributed by atoms with van der Waals surface area (Å²) in [5.74, 6) is -1.23. The first kappa shape index (κ1) is 24.3. The number of β-lactam (4-membered cyclic amide) rings is 1. The van der Waals surface area contributed by atoms with Gasteiger partial charge in [-0.1, -0.05) is 72.8 Å². The van der Waals surface area contributed by atoms with E-state index in [2.05, 4.69) is 5.32 Å². The SMILES string of the molecule is CSC1C(NC(=O)Cc2ccccc2)C(=O)N1C(C(=O)O)c1ccc(OCc2ccccc2)cc1. The number of likely N-dealkylation sites (tertiary alicyclic amines) is 1. The van der Waals surface area contributed by atoms with Crippen LogP contribution in [0.25, 0.3) is 0 Å². The van der Waals surface area contributed by atoms with Gasteiger partial charge in [0.15, 0.2) is 6.04 Å². The fraction of sp³-hybridized carbons (Fsp3) is 0.222. The second-order valence-electron chi connectivity index (χ2n) is 8.16. The Bertz CT molecular complexity index is 1170. The number of carboxylic acids is 1. The minimum Gasteiger partial charge on any atom is -0.489 e. The summed E-state index contributed by atoms with van der Waals surface area (Å²) >= 11 is 1.33. The molecule has 0 radical (unpaired) electrons. The van der Waals surface area contributed by atoms with Crippen molar-refractivity contribution in [1.82, 2.24) is 10.2 Å². The highest BCUT2D eigenvalue weighted by Gasteiger charge is 2.53. The van der Waals surface area contributed by atoms with Crippen molar-refractivity contribution in [2.45, 2.75) is 30.5 Å². The molecule has 1 aliphatic rings. The Morgan fingerprint density at radius 3 is 2.14 bits per heavy atom. The zero-order valence-corrected chi connectivity index (χ0v) is 20.0. The second kappa shape index (κ2) is 11.1. The maximum atomic E-state index is 13.0. The van der Waals surface area contributed by atoms with Gasteiger partial charge in [0.2, 0.25) is 11.8 Å². The van der Waals surface area contributed by atoms with Crippen molar-refractivity contribution in [2.24, 2.45) is 0 Å². The van der Waals surface area contributed by atoms with Crippen LogP contribution in [0.15, 0.2) is 84.9 Å². The number of carbonyl (C=O) groups excluding carboxylic acids is 2. The first-order chi connectivity index (χ1) is 17.0. The quantitative estimate of drug-likeness (QED) is 0.421. The van der Waals surface area contributed by atoms with Crippen LogP contribution < -0.4 is 10.1 Å². The summed E-state index contributed by atoms with van der Waals surface area (Å²) in [4.78, 5) is 39.0. The fourth-order valence-corrected chi connectivity index (χ4v) is 4.97. The van der Waals surface area contributed by atoms with Gasteiger partial charge in [0.05, 0.1) is 6.42 Å². The molecule has 0 saturated carbocycles. The van der Waals surface area contributed by atoms with E-state index < -0.39 is 29.3 Å². The Morgan fingerprint density at radius 1 is 0.971 bits per heavy atom. The number of hydrogen-bond donors (Lipinski definition) is 2. The first-order valence-corrected chi connectivity index (χ1v) is 12.4. The fourth-order valence-electron chi connectivity index (χ4n) is 4.06. The van der Waals surface area contributed by atoms with Crippen molar-refractivity contribution >= 4 is 29.5 Å². The normalized spacial score (nSPS) is 17.9. The number of carbonyl (C=O) groups is 3. The molecule has 0 aromatic heterocycles. The topological polar surface area (TPSA) is 95.9 Å². The molecule has 3 unspecified atom stereocenters. The Morgan fingerprint density at radius 2 is 1.57 bits per heavy atom. The molecule has 0 aliphatic carbocycles. The number of aliphatic carboxylic acids is 1. The van der Waals surface area contributed by atoms with Crippen LogP contribution in [0.2, 0.25) is 0 Å². The number of thioether (sulfide) groups is 1. The molecule has 1 aliphatic heterocycles. The van der Waals surface area contributed by atoms with Gasteiger partial charge in [0.25, 0.3) is 0 Å². The van der Waals surface area contributed by atoms with Crippen molar-refractivity contribution in [3.63, 3.8) is 0 Å². The van der Waals surface area contributed by atoms with E-state index in [9.17, 15) is 19.5 Å². The zero-order valence-electron chi connectivity index (χ0n) is 19.2. The number of hydrogen-bond acceptors (Lipinski definition) is 5. The minimum atomic E-state index is -1.16. The van der Waals surface area contributed by atoms with Crippen LogP contribution in [0.1, 0.15) is 22.7 Å². The summed E-state index contributed by atoms with van der Waals surface area (Å²) in [5.41, 5.74) is 2.33. The van der Waals surface area contributed by atoms with Gasteiger partial charge in [0.1, 0.15) is 23.8 Å². The Balaban J connectivity index is 1.42. The molecule has 35 heavy (non-hydrogen) atoms. The lowest BCUT2D eigenvalue weighted by atomic mass is 9.97. The van der Waals surface area contributed by atoms with Crippen LogP contribution in [0.5, 0.6) is 5.75 Å². The highest BCUT2D eigenvalue weighted by molar-refractivity contribution is 7.99. The summed E-state index contributed by atoms with van der Waals surface area (Å²) in [6.07, 6.45) is 1.94. The molecule has 2 N–H and O–H groups in total. The molecule has 8 heteroatoms. The number of nitrogens with one attached hydrogen (secondary N) is 1. The van der Waals surface area contributed by atoms with Crippen LogP contribution in [0.4, 0.5) is 0 Å². The standard InChI is InChI=1S/C27H26N2O5S/c1-35-26-23(28-22(30)16-18-8-4-2-5-9-18)25(31)29(26)24(27(32)33)20-12-14-21(15-13-20)34-17-19-10-6-3-7-11-19/h2-15,23-24,26H,16-17H2,1H3,(H,28,30)(H,32,33). The van der Waals surface area contributed by atoms with E-state index in [1.807, 2.05) is 60.7 Å². The second-order valence-corrected chi connectivity index (χ2v) is 9.12. The Kier molecular flexibility index (Phi) is 7.72. The molecule has 1 saturated heterocycles. The lowest BCUT2D eigenvalue weighted by Crippen LogP contribution is -2.70. The number of benzene rings is 3. The number of carboxylic acid groups (broad SMARTS) is 1. The van der Waals surface area contributed by atoms with Gasteiger partial charge in [0, 0.05) is 0 Å². The van der Waals surface area contributed by atoms with Crippen LogP contribution in [0, 0.1) is 0 Å². The molecular weight excluding hydrogens is 464 g/mol. The largest absolute Gasteiger partial charge is 0.489 e. The minimum absolute atomic E-state index is 0.151. The van der Waals surface area contributed by atoms with Gasteiger partial charge in [-0.2, -0.15) is 0 Å². The molecular formula is C27H26N2O5S. The molecule has 3 aromatic rings. The van der Waals surface area contributed by atoms with E-state index >= 15 is 0 Å². The van der Waals surface area contributed by atoms with Crippen molar-refractivity contribution in [2.75, 3.05) is 6.26 Å². The van der Waals surface area contributed by atoms with Crippen LogP contribution in [-0.4, -0.2) is 45.5 Å². The van der Waals surface area contributed by atoms with Gasteiger partial charge in [-0.25, -0.2) is 4.79 Å². The molecule has 3 atom stereocenters. The number of ether oxygens (including phenoxy) is 1. The Labute approximate surface area is 208 Å². The van der Waals surface area contributed by atoms with Crippen molar-refractivity contribution < 1.29 is 24.2 Å². The molecule has 1 heterocycles. The molecule has 3 aromatic carbocycles. The first-order valence-electron chi connectivity index (χ1n) is 11.2. The van der Waals surface area contributed by atoms with Crippen molar-refractivity contribution in [3.05, 3.63) is 102 Å². The average Bonchev–Trinajstić information content (AvgIpc) is 2.88. The van der Waals surface area contributed by atoms with E-state index in [0.29, 0.717) is 17.9 Å². The van der Waals surface area contributed by atoms with Crippen molar-refractivity contribution in [3.8, 4) is 5.75 Å². The van der Waals surface area contributed by atoms with Gasteiger partial charge in [-0.15, -0.1) is 11.8 Å². The molecule has 1 fully saturated rings. The summed E-state index contributed by atoms with van der Waals surface area (Å²) < 4.78 is 5.78. The lowest BCUT2D eigenvalue weighted by molar-refractivity contribution is -0.162. The van der Waals surface area contributed by atoms with E-state index in [4.69, 9.17) is 4.74 Å². The molecule has 180 valence electrons. The monoisotopic (exact) mass is 490 g/mol. The molecule has 2 amide bonds. The molecule has 4 rings (SSSR count). The average molecular weight is 491 g/mol. The summed E-state index contributed by atoms with van der Waals surface area (Å²) in [6, 6.07) is 23.8. The van der Waals surface area contributed by atoms with E-state index in [1.54, 1.807) is 30.5 Å². The highest BCUT2D eigenvalue weighted by atomic mass is 32.2. The highest BCUT2D eigenvalue weighted by Crippen LogP contribution is 2.37. The smallest absolute Gasteiger partial charge is 0.331 e. The van der Waals surface area contributed by atoms with Gasteiger partial charge in [-0.3, -0.25) is 9.59 Å². The summed E-state index contributed by atoms with van der Waals surface area (Å²) in [7, 11) is 0. The summed E-state index contributed by atoms with van der Waals surface area (Å²) in [5, 5.41) is 12.2. The number of amides is 2. The predicted molar refractivity (Wildman–Crippen MR) is 134 cm³/mol. The molecule has 7 nitrogen and oxygen atoms in total. The zero-order chi connectivity index (χ0) is 24.8. The third-order valence-electron chi connectivity index (χ3n) is 5.80. The van der Waals surface area contributed by atoms with Crippen LogP contribution >= 0.6 is 11.8 Å². The lowest BCUT2D eigenvalue weighted by Gasteiger charge is -2.48. The number of nitrogens with zero attached hydrogens (tertiary/aromatic N) is 1. The van der Waals surface area contributed by atoms with Gasteiger partial charge < -0.3 is 20.1 Å². The van der Waals surface area contributed by atoms with Gasteiger partial charge >= 0.3 is 5.97 Å². The number of rotatable bonds is 10. The molecule has 0 spiro atoms. The van der Waals surface area contributed by atoms with Crippen LogP contribution in [-0.2, 0) is 27.4 Å². The molecule has 0 bridgehead atoms. The van der Waals surface area contributed by atoms with Crippen LogP contribution in [0.3, 0.4) is 0 Å². The maximum Gasteiger partial charge on any atom is 0.331 e. The third kappa shape index (κ3) is 5.66. The summed E-state index contributed by atoms with van der Waals surface area (Å²) in [6.45, 7) is 0.395. The van der Waals surface area contributed by atoms with E-state index in [1.165, 1.54) is 16.7 Å². The van der Waals surface area contributed by atoms with Gasteiger partial charge in [-0.05, 0) is 35.1 Å². The van der Waals surface area contributed by atoms with Crippen molar-refractivity contribution in [1.29, 1.82) is 0 Å². The maximum absolute atomic E-state index is 13.0. The van der Waals surface area contributed by atoms with E-state index in [0.717, 1.165) is 11.1 Å². The third-order valence-corrected chi connectivity index (χ3v) is 6.78. The predicted octanol–water partition coefficient (Wildman–Crippen LogP) is 3.65. The Hall–Kier alpha value is -3.78. The van der Waals surface area contributed by atoms with E-state index in [-0.39, 0.29) is 12.3 Å².